The van der Waals surface area contributed by atoms with Crippen molar-refractivity contribution in [1.29, 1.82) is 0 Å². The third-order valence-electron chi connectivity index (χ3n) is 2.61. The first-order valence-corrected chi connectivity index (χ1v) is 6.12. The number of benzene rings is 1. The largest absolute Gasteiger partial charge is 0.271 e. The summed E-state index contributed by atoms with van der Waals surface area (Å²) in [6.45, 7) is 1.18. The van der Waals surface area contributed by atoms with Crippen LogP contribution in [0.5, 0.6) is 0 Å². The lowest BCUT2D eigenvalue weighted by molar-refractivity contribution is -0.191. The fraction of sp³-hybridized carbons (Fsp3) is 0.308. The highest BCUT2D eigenvalue weighted by Crippen LogP contribution is 2.17. The third-order valence-corrected chi connectivity index (χ3v) is 2.90. The van der Waals surface area contributed by atoms with Crippen molar-refractivity contribution < 1.29 is 14.0 Å². The van der Waals surface area contributed by atoms with Crippen molar-refractivity contribution in [2.24, 2.45) is 0 Å². The first kappa shape index (κ1) is 13.1. The van der Waals surface area contributed by atoms with Gasteiger partial charge in [-0.1, -0.05) is 17.7 Å². The van der Waals surface area contributed by atoms with Gasteiger partial charge in [-0.15, -0.1) is 0 Å². The molecule has 0 aromatic heterocycles. The van der Waals surface area contributed by atoms with Crippen LogP contribution in [0.4, 0.5) is 4.39 Å². The molecule has 18 heavy (non-hydrogen) atoms. The number of hydroxylamine groups is 2. The lowest BCUT2D eigenvalue weighted by Crippen LogP contribution is -2.34. The molecule has 1 heterocycles. The summed E-state index contributed by atoms with van der Waals surface area (Å²) in [5.74, 6) is -0.686. The van der Waals surface area contributed by atoms with Crippen LogP contribution in [0.15, 0.2) is 24.3 Å². The summed E-state index contributed by atoms with van der Waals surface area (Å²) >= 11 is 5.65. The second kappa shape index (κ2) is 5.98. The van der Waals surface area contributed by atoms with Crippen LogP contribution >= 0.6 is 11.6 Å². The fourth-order valence-corrected chi connectivity index (χ4v) is 1.83. The lowest BCUT2D eigenvalue weighted by atomic mass is 10.2. The Morgan fingerprint density at radius 3 is 2.94 bits per heavy atom. The van der Waals surface area contributed by atoms with Crippen LogP contribution in [0.1, 0.15) is 18.4 Å². The molecule has 0 radical (unpaired) electrons. The summed E-state index contributed by atoms with van der Waals surface area (Å²) < 4.78 is 12.9. The number of rotatable bonds is 2. The summed E-state index contributed by atoms with van der Waals surface area (Å²) in [5, 5.41) is 1.38. The van der Waals surface area contributed by atoms with E-state index in [0.717, 1.165) is 12.8 Å². The first-order chi connectivity index (χ1) is 8.66. The van der Waals surface area contributed by atoms with Crippen LogP contribution in [-0.4, -0.2) is 24.1 Å². The molecule has 0 aliphatic carbocycles. The normalized spacial score (nSPS) is 16.2. The molecule has 1 amide bonds. The molecular formula is C13H13ClFNO2. The van der Waals surface area contributed by atoms with Crippen LogP contribution in [0.25, 0.3) is 6.08 Å². The predicted molar refractivity (Wildman–Crippen MR) is 67.3 cm³/mol. The van der Waals surface area contributed by atoms with E-state index in [1.165, 1.54) is 23.3 Å². The van der Waals surface area contributed by atoms with Gasteiger partial charge in [0, 0.05) is 12.6 Å². The Kier molecular flexibility index (Phi) is 4.33. The van der Waals surface area contributed by atoms with Crippen LogP contribution < -0.4 is 0 Å². The molecule has 0 bridgehead atoms. The van der Waals surface area contributed by atoms with Gasteiger partial charge >= 0.3 is 0 Å². The van der Waals surface area contributed by atoms with Crippen LogP contribution in [0.2, 0.25) is 5.02 Å². The summed E-state index contributed by atoms with van der Waals surface area (Å²) in [6.07, 6.45) is 4.91. The molecule has 2 rings (SSSR count). The quantitative estimate of drug-likeness (QED) is 0.773. The maximum atomic E-state index is 12.9. The van der Waals surface area contributed by atoms with E-state index in [2.05, 4.69) is 0 Å². The van der Waals surface area contributed by atoms with E-state index in [4.69, 9.17) is 16.4 Å². The highest BCUT2D eigenvalue weighted by Gasteiger charge is 2.14. The molecular weight excluding hydrogens is 257 g/mol. The van der Waals surface area contributed by atoms with Gasteiger partial charge in [0.05, 0.1) is 11.6 Å². The molecule has 1 aromatic rings. The van der Waals surface area contributed by atoms with Gasteiger partial charge in [0.25, 0.3) is 5.91 Å². The minimum absolute atomic E-state index is 0.0406. The van der Waals surface area contributed by atoms with Gasteiger partial charge < -0.3 is 0 Å². The van der Waals surface area contributed by atoms with Gasteiger partial charge in [-0.2, -0.15) is 0 Å². The molecule has 0 spiro atoms. The smallest absolute Gasteiger partial charge is 0.270 e. The molecule has 0 saturated carbocycles. The molecule has 0 unspecified atom stereocenters. The number of carbonyl (C=O) groups is 1. The number of carbonyl (C=O) groups excluding carboxylic acids is 1. The zero-order valence-corrected chi connectivity index (χ0v) is 10.5. The second-order valence-corrected chi connectivity index (χ2v) is 4.39. The van der Waals surface area contributed by atoms with E-state index in [1.807, 2.05) is 0 Å². The van der Waals surface area contributed by atoms with Crippen LogP contribution in [-0.2, 0) is 9.63 Å². The fourth-order valence-electron chi connectivity index (χ4n) is 1.64. The molecule has 1 fully saturated rings. The Hall–Kier alpha value is -1.39. The number of amides is 1. The van der Waals surface area contributed by atoms with Gasteiger partial charge in [0.1, 0.15) is 5.82 Å². The van der Waals surface area contributed by atoms with Crippen LogP contribution in [0.3, 0.4) is 0 Å². The Bertz CT molecular complexity index is 470. The molecule has 96 valence electrons. The molecule has 1 aliphatic rings. The lowest BCUT2D eigenvalue weighted by Gasteiger charge is -2.24. The van der Waals surface area contributed by atoms with Crippen molar-refractivity contribution in [2.75, 3.05) is 13.2 Å². The van der Waals surface area contributed by atoms with Gasteiger partial charge in [-0.3, -0.25) is 9.63 Å². The Balaban J connectivity index is 2.01. The SMILES string of the molecule is O=C(/C=C/c1ccc(F)c(Cl)c1)N1CCCCO1. The topological polar surface area (TPSA) is 29.5 Å². The number of hydrogen-bond donors (Lipinski definition) is 0. The van der Waals surface area contributed by atoms with Gasteiger partial charge in [0.2, 0.25) is 0 Å². The highest BCUT2D eigenvalue weighted by atomic mass is 35.5. The standard InChI is InChI=1S/C13H13ClFNO2/c14-11-9-10(3-5-12(11)15)4-6-13(17)16-7-1-2-8-18-16/h3-6,9H,1-2,7-8H2/b6-4+. The van der Waals surface area contributed by atoms with E-state index >= 15 is 0 Å². The summed E-state index contributed by atoms with van der Waals surface area (Å²) in [4.78, 5) is 16.9. The van der Waals surface area contributed by atoms with E-state index in [-0.39, 0.29) is 10.9 Å². The average molecular weight is 270 g/mol. The van der Waals surface area contributed by atoms with Crippen molar-refractivity contribution in [1.82, 2.24) is 5.06 Å². The summed E-state index contributed by atoms with van der Waals surface area (Å²) in [7, 11) is 0. The molecule has 1 aromatic carbocycles. The Labute approximate surface area is 110 Å². The van der Waals surface area contributed by atoms with Crippen molar-refractivity contribution in [3.05, 3.63) is 40.7 Å². The van der Waals surface area contributed by atoms with Crippen molar-refractivity contribution in [2.45, 2.75) is 12.8 Å². The highest BCUT2D eigenvalue weighted by molar-refractivity contribution is 6.30. The third kappa shape index (κ3) is 3.31. The Morgan fingerprint density at radius 2 is 2.28 bits per heavy atom. The number of halogens is 2. The monoisotopic (exact) mass is 269 g/mol. The number of hydrogen-bond acceptors (Lipinski definition) is 2. The van der Waals surface area contributed by atoms with Gasteiger partial charge in [-0.05, 0) is 36.6 Å². The van der Waals surface area contributed by atoms with E-state index < -0.39 is 5.82 Å². The molecule has 1 saturated heterocycles. The predicted octanol–water partition coefficient (Wildman–Crippen LogP) is 3.05. The molecule has 0 atom stereocenters. The molecule has 1 aliphatic heterocycles. The van der Waals surface area contributed by atoms with E-state index in [0.29, 0.717) is 18.7 Å². The van der Waals surface area contributed by atoms with E-state index in [1.54, 1.807) is 12.1 Å². The second-order valence-electron chi connectivity index (χ2n) is 3.99. The zero-order valence-electron chi connectivity index (χ0n) is 9.73. The molecule has 5 heteroatoms. The maximum absolute atomic E-state index is 12.9. The summed E-state index contributed by atoms with van der Waals surface area (Å²) in [5.41, 5.74) is 0.673. The van der Waals surface area contributed by atoms with Crippen molar-refractivity contribution in [3.8, 4) is 0 Å². The van der Waals surface area contributed by atoms with Gasteiger partial charge in [0.15, 0.2) is 0 Å². The average Bonchev–Trinajstić information content (AvgIpc) is 2.41. The minimum atomic E-state index is -0.473. The zero-order chi connectivity index (χ0) is 13.0. The molecule has 3 nitrogen and oxygen atoms in total. The maximum Gasteiger partial charge on any atom is 0.270 e. The molecule has 0 N–H and O–H groups in total. The van der Waals surface area contributed by atoms with Crippen LogP contribution in [0, 0.1) is 5.82 Å². The van der Waals surface area contributed by atoms with Gasteiger partial charge in [-0.25, -0.2) is 9.45 Å². The van der Waals surface area contributed by atoms with Crippen molar-refractivity contribution >= 4 is 23.6 Å². The number of nitrogens with zero attached hydrogens (tertiary/aromatic N) is 1. The summed E-state index contributed by atoms with van der Waals surface area (Å²) in [6, 6.07) is 4.30. The first-order valence-electron chi connectivity index (χ1n) is 5.74. The Morgan fingerprint density at radius 1 is 1.44 bits per heavy atom. The van der Waals surface area contributed by atoms with E-state index in [9.17, 15) is 9.18 Å². The minimum Gasteiger partial charge on any atom is -0.271 e. The van der Waals surface area contributed by atoms with Crippen molar-refractivity contribution in [3.63, 3.8) is 0 Å².